The van der Waals surface area contributed by atoms with Crippen LogP contribution in [-0.4, -0.2) is 29.8 Å². The number of nitrogens with two attached hydrogens (primary N) is 1. The van der Waals surface area contributed by atoms with Crippen molar-refractivity contribution >= 4 is 11.8 Å². The van der Waals surface area contributed by atoms with Crippen molar-refractivity contribution in [3.8, 4) is 0 Å². The quantitative estimate of drug-likeness (QED) is 0.749. The SMILES string of the molecule is Cc1ccc(C)c2c1C(=O)N(CCN)C2=O. The number of hydrogen-bond acceptors (Lipinski definition) is 3. The van der Waals surface area contributed by atoms with E-state index in [1.165, 1.54) is 4.90 Å². The zero-order chi connectivity index (χ0) is 11.9. The molecule has 4 heteroatoms. The Morgan fingerprint density at radius 3 is 1.88 bits per heavy atom. The third kappa shape index (κ3) is 1.34. The monoisotopic (exact) mass is 218 g/mol. The smallest absolute Gasteiger partial charge is 0.261 e. The third-order valence-corrected chi connectivity index (χ3v) is 2.89. The van der Waals surface area contributed by atoms with Gasteiger partial charge in [0, 0.05) is 13.1 Å². The number of rotatable bonds is 2. The molecule has 0 radical (unpaired) electrons. The summed E-state index contributed by atoms with van der Waals surface area (Å²) in [6, 6.07) is 3.73. The highest BCUT2D eigenvalue weighted by molar-refractivity contribution is 6.22. The fourth-order valence-corrected chi connectivity index (χ4v) is 2.06. The normalized spacial score (nSPS) is 14.6. The van der Waals surface area contributed by atoms with Crippen LogP contribution in [0.1, 0.15) is 31.8 Å². The van der Waals surface area contributed by atoms with Gasteiger partial charge in [-0.3, -0.25) is 14.5 Å². The zero-order valence-electron chi connectivity index (χ0n) is 9.41. The second-order valence-corrected chi connectivity index (χ2v) is 4.00. The predicted molar refractivity (Wildman–Crippen MR) is 60.3 cm³/mol. The first-order valence-corrected chi connectivity index (χ1v) is 5.24. The van der Waals surface area contributed by atoms with E-state index >= 15 is 0 Å². The average molecular weight is 218 g/mol. The standard InChI is InChI=1S/C12H14N2O2/c1-7-3-4-8(2)10-9(7)11(15)14(6-5-13)12(10)16/h3-4H,5-6,13H2,1-2H3. The summed E-state index contributed by atoms with van der Waals surface area (Å²) >= 11 is 0. The van der Waals surface area contributed by atoms with Gasteiger partial charge in [0.05, 0.1) is 11.1 Å². The molecule has 1 aromatic rings. The van der Waals surface area contributed by atoms with E-state index in [-0.39, 0.29) is 18.4 Å². The molecule has 2 N–H and O–H groups in total. The molecule has 0 saturated carbocycles. The Morgan fingerprint density at radius 2 is 1.50 bits per heavy atom. The molecular formula is C12H14N2O2. The van der Waals surface area contributed by atoms with Crippen molar-refractivity contribution in [2.24, 2.45) is 5.73 Å². The predicted octanol–water partition coefficient (Wildman–Crippen LogP) is 0.858. The molecule has 84 valence electrons. The lowest BCUT2D eigenvalue weighted by Gasteiger charge is -2.11. The van der Waals surface area contributed by atoms with Gasteiger partial charge in [-0.05, 0) is 25.0 Å². The van der Waals surface area contributed by atoms with Gasteiger partial charge in [0.1, 0.15) is 0 Å². The van der Waals surface area contributed by atoms with Crippen LogP contribution in [0.5, 0.6) is 0 Å². The van der Waals surface area contributed by atoms with Crippen LogP contribution in [-0.2, 0) is 0 Å². The maximum atomic E-state index is 12.0. The molecule has 0 spiro atoms. The molecule has 1 aliphatic heterocycles. The molecule has 1 heterocycles. The van der Waals surface area contributed by atoms with E-state index in [4.69, 9.17) is 5.73 Å². The molecule has 0 atom stereocenters. The van der Waals surface area contributed by atoms with Gasteiger partial charge in [0.2, 0.25) is 0 Å². The van der Waals surface area contributed by atoms with E-state index < -0.39 is 0 Å². The topological polar surface area (TPSA) is 63.4 Å². The Hall–Kier alpha value is -1.68. The number of fused-ring (bicyclic) bond motifs is 1. The number of carbonyl (C=O) groups is 2. The first-order chi connectivity index (χ1) is 7.57. The van der Waals surface area contributed by atoms with E-state index in [2.05, 4.69) is 0 Å². The first kappa shape index (κ1) is 10.8. The molecular weight excluding hydrogens is 204 g/mol. The largest absolute Gasteiger partial charge is 0.329 e. The minimum Gasteiger partial charge on any atom is -0.329 e. The molecule has 0 fully saturated rings. The number of imide groups is 1. The molecule has 4 nitrogen and oxygen atoms in total. The van der Waals surface area contributed by atoms with E-state index in [1.807, 2.05) is 26.0 Å². The van der Waals surface area contributed by atoms with Crippen molar-refractivity contribution in [3.63, 3.8) is 0 Å². The highest BCUT2D eigenvalue weighted by Gasteiger charge is 2.37. The van der Waals surface area contributed by atoms with Gasteiger partial charge in [-0.15, -0.1) is 0 Å². The molecule has 0 unspecified atom stereocenters. The average Bonchev–Trinajstić information content (AvgIpc) is 2.50. The summed E-state index contributed by atoms with van der Waals surface area (Å²) in [6.45, 7) is 4.26. The Balaban J connectivity index is 2.59. The fraction of sp³-hybridized carbons (Fsp3) is 0.333. The Kier molecular flexibility index (Phi) is 2.52. The molecule has 16 heavy (non-hydrogen) atoms. The number of hydrogen-bond donors (Lipinski definition) is 1. The summed E-state index contributed by atoms with van der Waals surface area (Å²) in [5.41, 5.74) is 8.17. The van der Waals surface area contributed by atoms with Gasteiger partial charge in [-0.1, -0.05) is 12.1 Å². The van der Waals surface area contributed by atoms with Gasteiger partial charge < -0.3 is 5.73 Å². The second-order valence-electron chi connectivity index (χ2n) is 4.00. The number of carbonyl (C=O) groups excluding carboxylic acids is 2. The number of nitrogens with zero attached hydrogens (tertiary/aromatic N) is 1. The lowest BCUT2D eigenvalue weighted by atomic mass is 9.99. The van der Waals surface area contributed by atoms with E-state index in [0.717, 1.165) is 11.1 Å². The van der Waals surface area contributed by atoms with Crippen LogP contribution in [0.15, 0.2) is 12.1 Å². The van der Waals surface area contributed by atoms with E-state index in [1.54, 1.807) is 0 Å². The Morgan fingerprint density at radius 1 is 1.06 bits per heavy atom. The van der Waals surface area contributed by atoms with Crippen molar-refractivity contribution in [1.29, 1.82) is 0 Å². The van der Waals surface area contributed by atoms with Crippen molar-refractivity contribution < 1.29 is 9.59 Å². The van der Waals surface area contributed by atoms with Crippen LogP contribution in [0.4, 0.5) is 0 Å². The maximum absolute atomic E-state index is 12.0. The third-order valence-electron chi connectivity index (χ3n) is 2.89. The van der Waals surface area contributed by atoms with E-state index in [9.17, 15) is 9.59 Å². The van der Waals surface area contributed by atoms with Crippen LogP contribution >= 0.6 is 0 Å². The van der Waals surface area contributed by atoms with Crippen LogP contribution in [0.25, 0.3) is 0 Å². The molecule has 2 amide bonds. The first-order valence-electron chi connectivity index (χ1n) is 5.24. The van der Waals surface area contributed by atoms with Crippen molar-refractivity contribution in [2.75, 3.05) is 13.1 Å². The van der Waals surface area contributed by atoms with Gasteiger partial charge in [-0.2, -0.15) is 0 Å². The van der Waals surface area contributed by atoms with Gasteiger partial charge >= 0.3 is 0 Å². The van der Waals surface area contributed by atoms with Gasteiger partial charge in [0.15, 0.2) is 0 Å². The molecule has 2 rings (SSSR count). The molecule has 0 bridgehead atoms. The Labute approximate surface area is 94.0 Å². The lowest BCUT2D eigenvalue weighted by molar-refractivity contribution is 0.0658. The van der Waals surface area contributed by atoms with Crippen LogP contribution in [0.2, 0.25) is 0 Å². The number of benzene rings is 1. The van der Waals surface area contributed by atoms with E-state index in [0.29, 0.717) is 17.7 Å². The fourth-order valence-electron chi connectivity index (χ4n) is 2.06. The van der Waals surface area contributed by atoms with Crippen LogP contribution < -0.4 is 5.73 Å². The molecule has 0 saturated heterocycles. The molecule has 1 aliphatic rings. The summed E-state index contributed by atoms with van der Waals surface area (Å²) in [6.07, 6.45) is 0. The summed E-state index contributed by atoms with van der Waals surface area (Å²) in [5.74, 6) is -0.432. The molecule has 0 aromatic heterocycles. The zero-order valence-corrected chi connectivity index (χ0v) is 9.41. The second kappa shape index (κ2) is 3.72. The lowest BCUT2D eigenvalue weighted by Crippen LogP contribution is -2.34. The van der Waals surface area contributed by atoms with Gasteiger partial charge in [-0.25, -0.2) is 0 Å². The molecule has 1 aromatic carbocycles. The van der Waals surface area contributed by atoms with Crippen LogP contribution in [0.3, 0.4) is 0 Å². The minimum atomic E-state index is -0.216. The van der Waals surface area contributed by atoms with Crippen molar-refractivity contribution in [3.05, 3.63) is 34.4 Å². The highest BCUT2D eigenvalue weighted by Crippen LogP contribution is 2.28. The maximum Gasteiger partial charge on any atom is 0.261 e. The Bertz CT molecular complexity index is 439. The summed E-state index contributed by atoms with van der Waals surface area (Å²) < 4.78 is 0. The molecule has 0 aliphatic carbocycles. The summed E-state index contributed by atoms with van der Waals surface area (Å²) in [4.78, 5) is 25.3. The van der Waals surface area contributed by atoms with Crippen molar-refractivity contribution in [2.45, 2.75) is 13.8 Å². The summed E-state index contributed by atoms with van der Waals surface area (Å²) in [5, 5.41) is 0. The number of aryl methyl sites for hydroxylation is 2. The minimum absolute atomic E-state index is 0.216. The van der Waals surface area contributed by atoms with Crippen molar-refractivity contribution in [1.82, 2.24) is 4.90 Å². The van der Waals surface area contributed by atoms with Crippen LogP contribution in [0, 0.1) is 13.8 Å². The number of amides is 2. The highest BCUT2D eigenvalue weighted by atomic mass is 16.2. The summed E-state index contributed by atoms with van der Waals surface area (Å²) in [7, 11) is 0. The van der Waals surface area contributed by atoms with Gasteiger partial charge in [0.25, 0.3) is 11.8 Å².